The smallest absolute Gasteiger partial charge is 0.265 e. The van der Waals surface area contributed by atoms with Crippen LogP contribution >= 0.6 is 11.3 Å². The second kappa shape index (κ2) is 8.08. The van der Waals surface area contributed by atoms with Crippen LogP contribution in [0.3, 0.4) is 0 Å². The van der Waals surface area contributed by atoms with Gasteiger partial charge in [-0.3, -0.25) is 14.3 Å². The Hall–Kier alpha value is -3.52. The Bertz CT molecular complexity index is 1210. The van der Waals surface area contributed by atoms with E-state index in [-0.39, 0.29) is 23.9 Å². The fourth-order valence-corrected chi connectivity index (χ4v) is 4.20. The number of hydrogen-bond acceptors (Lipinski definition) is 4. The van der Waals surface area contributed by atoms with E-state index in [0.717, 1.165) is 21.5 Å². The van der Waals surface area contributed by atoms with Crippen LogP contribution in [-0.2, 0) is 18.3 Å². The van der Waals surface area contributed by atoms with Gasteiger partial charge < -0.3 is 10.6 Å². The number of carbonyl (C=O) groups is 2. The van der Waals surface area contributed by atoms with E-state index in [4.69, 9.17) is 0 Å². The topological polar surface area (TPSA) is 76.0 Å². The molecule has 0 fully saturated rings. The van der Waals surface area contributed by atoms with Gasteiger partial charge in [0.25, 0.3) is 5.91 Å². The van der Waals surface area contributed by atoms with Crippen LogP contribution < -0.4 is 10.6 Å². The lowest BCUT2D eigenvalue weighted by molar-refractivity contribution is -0.115. The molecule has 0 spiro atoms. The highest BCUT2D eigenvalue weighted by atomic mass is 32.1. The van der Waals surface area contributed by atoms with Crippen LogP contribution in [0.4, 0.5) is 15.8 Å². The van der Waals surface area contributed by atoms with Crippen LogP contribution in [0.15, 0.2) is 54.6 Å². The van der Waals surface area contributed by atoms with Gasteiger partial charge in [-0.05, 0) is 36.8 Å². The maximum absolute atomic E-state index is 14.2. The number of fused-ring (bicyclic) bond motifs is 1. The molecule has 0 saturated heterocycles. The van der Waals surface area contributed by atoms with Gasteiger partial charge in [0.1, 0.15) is 10.6 Å². The van der Waals surface area contributed by atoms with Gasteiger partial charge in [-0.25, -0.2) is 4.39 Å². The number of nitrogens with one attached hydrogen (secondary N) is 2. The SMILES string of the molecule is Cc1nn(C)c2sc(C(=O)Nc3ccc(F)c(NC(=O)Cc4ccccc4)c3)cc12. The molecule has 30 heavy (non-hydrogen) atoms. The van der Waals surface area contributed by atoms with Crippen molar-refractivity contribution in [2.75, 3.05) is 10.6 Å². The number of aryl methyl sites for hydroxylation is 2. The molecule has 152 valence electrons. The van der Waals surface area contributed by atoms with Crippen LogP contribution in [0, 0.1) is 12.7 Å². The summed E-state index contributed by atoms with van der Waals surface area (Å²) in [4.78, 5) is 26.3. The molecule has 2 aromatic heterocycles. The van der Waals surface area contributed by atoms with E-state index in [2.05, 4.69) is 15.7 Å². The number of amides is 2. The minimum Gasteiger partial charge on any atom is -0.323 e. The zero-order valence-corrected chi connectivity index (χ0v) is 17.2. The molecular weight excluding hydrogens is 403 g/mol. The van der Waals surface area contributed by atoms with Crippen molar-refractivity contribution in [1.29, 1.82) is 0 Å². The summed E-state index contributed by atoms with van der Waals surface area (Å²) < 4.78 is 15.9. The van der Waals surface area contributed by atoms with Gasteiger partial charge in [-0.2, -0.15) is 5.10 Å². The Morgan fingerprint density at radius 2 is 1.87 bits per heavy atom. The second-order valence-corrected chi connectivity index (χ2v) is 7.93. The summed E-state index contributed by atoms with van der Waals surface area (Å²) in [5, 5.41) is 10.6. The van der Waals surface area contributed by atoms with Crippen molar-refractivity contribution >= 4 is 44.7 Å². The number of hydrogen-bond donors (Lipinski definition) is 2. The summed E-state index contributed by atoms with van der Waals surface area (Å²) in [6.07, 6.45) is 0.131. The van der Waals surface area contributed by atoms with Gasteiger partial charge in [0, 0.05) is 18.1 Å². The molecule has 8 heteroatoms. The highest BCUT2D eigenvalue weighted by molar-refractivity contribution is 7.20. The molecule has 0 bridgehead atoms. The summed E-state index contributed by atoms with van der Waals surface area (Å²) in [5.41, 5.74) is 2.09. The molecular formula is C22H19FN4O2S. The summed E-state index contributed by atoms with van der Waals surface area (Å²) >= 11 is 1.34. The van der Waals surface area contributed by atoms with E-state index in [1.165, 1.54) is 29.5 Å². The third-order valence-electron chi connectivity index (χ3n) is 4.63. The first-order chi connectivity index (χ1) is 14.4. The lowest BCUT2D eigenvalue weighted by Crippen LogP contribution is -2.16. The standard InChI is InChI=1S/C22H19FN4O2S/c1-13-16-12-19(30-22(16)27(2)26-13)21(29)24-15-8-9-17(23)18(11-15)25-20(28)10-14-6-4-3-5-7-14/h3-9,11-12H,10H2,1-2H3,(H,24,29)(H,25,28). The third-order valence-corrected chi connectivity index (χ3v) is 5.83. The molecule has 0 atom stereocenters. The lowest BCUT2D eigenvalue weighted by atomic mass is 10.1. The predicted octanol–water partition coefficient (Wildman–Crippen LogP) is 4.52. The molecule has 0 aliphatic heterocycles. The molecule has 0 aliphatic carbocycles. The minimum absolute atomic E-state index is 0.0186. The maximum Gasteiger partial charge on any atom is 0.265 e. The fourth-order valence-electron chi connectivity index (χ4n) is 3.18. The van der Waals surface area contributed by atoms with E-state index >= 15 is 0 Å². The summed E-state index contributed by atoms with van der Waals surface area (Å²) in [6, 6.07) is 15.1. The molecule has 4 rings (SSSR count). The number of carbonyl (C=O) groups excluding carboxylic acids is 2. The minimum atomic E-state index is -0.571. The van der Waals surface area contributed by atoms with E-state index in [9.17, 15) is 14.0 Å². The third kappa shape index (κ3) is 4.08. The van der Waals surface area contributed by atoms with Gasteiger partial charge >= 0.3 is 0 Å². The first-order valence-corrected chi connectivity index (χ1v) is 10.1. The largest absolute Gasteiger partial charge is 0.323 e. The first-order valence-electron chi connectivity index (χ1n) is 9.28. The van der Waals surface area contributed by atoms with Crippen LogP contribution in [0.1, 0.15) is 20.9 Å². The summed E-state index contributed by atoms with van der Waals surface area (Å²) in [7, 11) is 1.83. The monoisotopic (exact) mass is 422 g/mol. The van der Waals surface area contributed by atoms with Crippen molar-refractivity contribution in [2.45, 2.75) is 13.3 Å². The fraction of sp³-hybridized carbons (Fsp3) is 0.136. The van der Waals surface area contributed by atoms with E-state index < -0.39 is 5.82 Å². The quantitative estimate of drug-likeness (QED) is 0.497. The average Bonchev–Trinajstić information content (AvgIpc) is 3.27. The van der Waals surface area contributed by atoms with Gasteiger partial charge in [0.2, 0.25) is 5.91 Å². The Morgan fingerprint density at radius 1 is 1.10 bits per heavy atom. The number of rotatable bonds is 5. The molecule has 2 aromatic carbocycles. The summed E-state index contributed by atoms with van der Waals surface area (Å²) in [5.74, 6) is -1.21. The lowest BCUT2D eigenvalue weighted by Gasteiger charge is -2.10. The number of thiophene rings is 1. The number of benzene rings is 2. The molecule has 2 N–H and O–H groups in total. The van der Waals surface area contributed by atoms with Gasteiger partial charge in [-0.1, -0.05) is 30.3 Å². The Kier molecular flexibility index (Phi) is 5.33. The van der Waals surface area contributed by atoms with Crippen LogP contribution in [0.5, 0.6) is 0 Å². The average molecular weight is 422 g/mol. The molecule has 0 radical (unpaired) electrons. The second-order valence-electron chi connectivity index (χ2n) is 6.90. The molecule has 4 aromatic rings. The summed E-state index contributed by atoms with van der Waals surface area (Å²) in [6.45, 7) is 1.89. The normalized spacial score (nSPS) is 10.9. The van der Waals surface area contributed by atoms with Crippen molar-refractivity contribution < 1.29 is 14.0 Å². The number of nitrogens with zero attached hydrogens (tertiary/aromatic N) is 2. The van der Waals surface area contributed by atoms with Crippen molar-refractivity contribution in [3.05, 3.63) is 76.5 Å². The van der Waals surface area contributed by atoms with Gasteiger partial charge in [0.15, 0.2) is 0 Å². The molecule has 2 amide bonds. The molecule has 6 nitrogen and oxygen atoms in total. The zero-order valence-electron chi connectivity index (χ0n) is 16.4. The van der Waals surface area contributed by atoms with Crippen molar-refractivity contribution in [2.24, 2.45) is 7.05 Å². The maximum atomic E-state index is 14.2. The molecule has 0 unspecified atom stereocenters. The van der Waals surface area contributed by atoms with Crippen LogP contribution in [0.2, 0.25) is 0 Å². The van der Waals surface area contributed by atoms with Crippen molar-refractivity contribution in [3.8, 4) is 0 Å². The zero-order chi connectivity index (χ0) is 21.3. The Balaban J connectivity index is 1.48. The van der Waals surface area contributed by atoms with E-state index in [1.54, 1.807) is 10.7 Å². The van der Waals surface area contributed by atoms with E-state index in [0.29, 0.717) is 10.6 Å². The Labute approximate surface area is 176 Å². The number of halogens is 1. The van der Waals surface area contributed by atoms with Crippen molar-refractivity contribution in [1.82, 2.24) is 9.78 Å². The first kappa shape index (κ1) is 19.8. The molecule has 2 heterocycles. The van der Waals surface area contributed by atoms with Gasteiger partial charge in [0.05, 0.1) is 22.7 Å². The van der Waals surface area contributed by atoms with Crippen LogP contribution in [-0.4, -0.2) is 21.6 Å². The number of aromatic nitrogens is 2. The molecule has 0 aliphatic rings. The van der Waals surface area contributed by atoms with Gasteiger partial charge in [-0.15, -0.1) is 11.3 Å². The highest BCUT2D eigenvalue weighted by Gasteiger charge is 2.16. The van der Waals surface area contributed by atoms with Crippen molar-refractivity contribution in [3.63, 3.8) is 0 Å². The highest BCUT2D eigenvalue weighted by Crippen LogP contribution is 2.28. The Morgan fingerprint density at radius 3 is 2.60 bits per heavy atom. The molecule has 0 saturated carbocycles. The van der Waals surface area contributed by atoms with E-state index in [1.807, 2.05) is 44.3 Å². The number of anilines is 2. The van der Waals surface area contributed by atoms with Crippen LogP contribution in [0.25, 0.3) is 10.2 Å². The predicted molar refractivity (Wildman–Crippen MR) is 116 cm³/mol.